The van der Waals surface area contributed by atoms with Crippen LogP contribution >= 0.6 is 11.6 Å². The third-order valence-corrected chi connectivity index (χ3v) is 3.04. The SMILES string of the molecule is O=CC1(c2ccc([N+](=O)[O-])c(Cl)c2)CC1. The Labute approximate surface area is 91.0 Å². The standard InChI is InChI=1S/C10H8ClNO3/c11-8-5-7(10(6-13)3-4-10)1-2-9(8)12(14)15/h1-2,5-6H,3-4H2. The first-order chi connectivity index (χ1) is 7.09. The summed E-state index contributed by atoms with van der Waals surface area (Å²) in [5.74, 6) is 0. The number of hydrogen-bond donors (Lipinski definition) is 0. The maximum absolute atomic E-state index is 10.8. The van der Waals surface area contributed by atoms with Gasteiger partial charge in [-0.15, -0.1) is 0 Å². The minimum absolute atomic E-state index is 0.0885. The topological polar surface area (TPSA) is 60.2 Å². The number of carbonyl (C=O) groups is 1. The lowest BCUT2D eigenvalue weighted by molar-refractivity contribution is -0.384. The zero-order valence-electron chi connectivity index (χ0n) is 7.77. The zero-order valence-corrected chi connectivity index (χ0v) is 8.53. The number of rotatable bonds is 3. The summed E-state index contributed by atoms with van der Waals surface area (Å²) in [5, 5.41) is 10.6. The summed E-state index contributed by atoms with van der Waals surface area (Å²) in [6, 6.07) is 4.47. The van der Waals surface area contributed by atoms with Gasteiger partial charge < -0.3 is 4.79 Å². The Morgan fingerprint density at radius 3 is 2.53 bits per heavy atom. The molecule has 1 aliphatic carbocycles. The van der Waals surface area contributed by atoms with E-state index in [1.807, 2.05) is 0 Å². The summed E-state index contributed by atoms with van der Waals surface area (Å²) in [6.45, 7) is 0. The quantitative estimate of drug-likeness (QED) is 0.451. The van der Waals surface area contributed by atoms with E-state index in [0.29, 0.717) is 0 Å². The molecule has 0 saturated heterocycles. The molecule has 1 aromatic rings. The fourth-order valence-electron chi connectivity index (χ4n) is 1.57. The molecule has 78 valence electrons. The molecular formula is C10H8ClNO3. The largest absolute Gasteiger partial charge is 0.302 e. The van der Waals surface area contributed by atoms with E-state index in [0.717, 1.165) is 24.7 Å². The average molecular weight is 226 g/mol. The van der Waals surface area contributed by atoms with Gasteiger partial charge in [-0.3, -0.25) is 10.1 Å². The highest BCUT2D eigenvalue weighted by Crippen LogP contribution is 2.47. The molecule has 0 unspecified atom stereocenters. The van der Waals surface area contributed by atoms with Crippen molar-refractivity contribution in [3.63, 3.8) is 0 Å². The molecule has 5 heteroatoms. The van der Waals surface area contributed by atoms with Gasteiger partial charge in [-0.2, -0.15) is 0 Å². The van der Waals surface area contributed by atoms with Crippen molar-refractivity contribution in [1.29, 1.82) is 0 Å². The molecule has 0 atom stereocenters. The van der Waals surface area contributed by atoms with Crippen molar-refractivity contribution in [2.75, 3.05) is 0 Å². The smallest absolute Gasteiger partial charge is 0.287 e. The second-order valence-electron chi connectivity index (χ2n) is 3.70. The number of carbonyl (C=O) groups excluding carboxylic acids is 1. The molecule has 1 fully saturated rings. The van der Waals surface area contributed by atoms with Crippen LogP contribution in [0.1, 0.15) is 18.4 Å². The average Bonchev–Trinajstić information content (AvgIpc) is 2.97. The number of nitro groups is 1. The number of benzene rings is 1. The first-order valence-corrected chi connectivity index (χ1v) is 4.88. The van der Waals surface area contributed by atoms with Crippen LogP contribution in [0.5, 0.6) is 0 Å². The van der Waals surface area contributed by atoms with Crippen LogP contribution in [0.15, 0.2) is 18.2 Å². The van der Waals surface area contributed by atoms with Crippen molar-refractivity contribution in [3.8, 4) is 0 Å². The van der Waals surface area contributed by atoms with Crippen molar-refractivity contribution in [3.05, 3.63) is 38.9 Å². The van der Waals surface area contributed by atoms with E-state index in [-0.39, 0.29) is 10.7 Å². The van der Waals surface area contributed by atoms with E-state index in [2.05, 4.69) is 0 Å². The Hall–Kier alpha value is -1.42. The molecular weight excluding hydrogens is 218 g/mol. The molecule has 1 saturated carbocycles. The first-order valence-electron chi connectivity index (χ1n) is 4.50. The fourth-order valence-corrected chi connectivity index (χ4v) is 1.82. The van der Waals surface area contributed by atoms with Gasteiger partial charge in [-0.05, 0) is 24.5 Å². The predicted octanol–water partition coefficient (Wildman–Crippen LogP) is 2.48. The Kier molecular flexibility index (Phi) is 2.23. The number of hydrogen-bond acceptors (Lipinski definition) is 3. The summed E-state index contributed by atoms with van der Waals surface area (Å²) >= 11 is 5.76. The second-order valence-corrected chi connectivity index (χ2v) is 4.10. The van der Waals surface area contributed by atoms with E-state index in [1.165, 1.54) is 12.1 Å². The number of aldehydes is 1. The van der Waals surface area contributed by atoms with E-state index in [1.54, 1.807) is 6.07 Å². The van der Waals surface area contributed by atoms with Crippen molar-refractivity contribution < 1.29 is 9.72 Å². The fraction of sp³-hybridized carbons (Fsp3) is 0.300. The van der Waals surface area contributed by atoms with Gasteiger partial charge >= 0.3 is 0 Å². The Balaban J connectivity index is 2.42. The highest BCUT2D eigenvalue weighted by molar-refractivity contribution is 6.32. The molecule has 2 rings (SSSR count). The number of nitro benzene ring substituents is 1. The van der Waals surface area contributed by atoms with Crippen LogP contribution in [-0.4, -0.2) is 11.2 Å². The maximum Gasteiger partial charge on any atom is 0.287 e. The van der Waals surface area contributed by atoms with Crippen molar-refractivity contribution in [1.82, 2.24) is 0 Å². The van der Waals surface area contributed by atoms with Crippen LogP contribution in [0.2, 0.25) is 5.02 Å². The minimum Gasteiger partial charge on any atom is -0.302 e. The normalized spacial score (nSPS) is 17.1. The van der Waals surface area contributed by atoms with Crippen molar-refractivity contribution in [2.24, 2.45) is 0 Å². The van der Waals surface area contributed by atoms with Crippen molar-refractivity contribution >= 4 is 23.6 Å². The van der Waals surface area contributed by atoms with E-state index in [9.17, 15) is 14.9 Å². The Morgan fingerprint density at radius 1 is 1.47 bits per heavy atom. The van der Waals surface area contributed by atoms with Crippen LogP contribution in [0.3, 0.4) is 0 Å². The molecule has 0 heterocycles. The first kappa shape index (κ1) is 10.1. The molecule has 1 aromatic carbocycles. The highest BCUT2D eigenvalue weighted by atomic mass is 35.5. The van der Waals surface area contributed by atoms with Crippen LogP contribution < -0.4 is 0 Å². The maximum atomic E-state index is 10.8. The number of nitrogens with zero attached hydrogens (tertiary/aromatic N) is 1. The lowest BCUT2D eigenvalue weighted by atomic mass is 9.98. The lowest BCUT2D eigenvalue weighted by Crippen LogP contribution is -2.07. The molecule has 0 aliphatic heterocycles. The van der Waals surface area contributed by atoms with E-state index >= 15 is 0 Å². The third-order valence-electron chi connectivity index (χ3n) is 2.73. The summed E-state index contributed by atoms with van der Waals surface area (Å²) in [5.41, 5.74) is 0.217. The van der Waals surface area contributed by atoms with Crippen LogP contribution in [0, 0.1) is 10.1 Å². The van der Waals surface area contributed by atoms with Crippen LogP contribution in [0.4, 0.5) is 5.69 Å². The molecule has 0 aromatic heterocycles. The molecule has 4 nitrogen and oxygen atoms in total. The molecule has 0 bridgehead atoms. The molecule has 1 aliphatic rings. The molecule has 0 amide bonds. The second kappa shape index (κ2) is 3.31. The summed E-state index contributed by atoms with van der Waals surface area (Å²) < 4.78 is 0. The highest BCUT2D eigenvalue weighted by Gasteiger charge is 2.44. The predicted molar refractivity (Wildman–Crippen MR) is 55.1 cm³/mol. The monoisotopic (exact) mass is 225 g/mol. The van der Waals surface area contributed by atoms with Gasteiger partial charge in [0.1, 0.15) is 11.3 Å². The summed E-state index contributed by atoms with van der Waals surface area (Å²) in [7, 11) is 0. The molecule has 0 radical (unpaired) electrons. The molecule has 15 heavy (non-hydrogen) atoms. The van der Waals surface area contributed by atoms with Gasteiger partial charge in [0, 0.05) is 6.07 Å². The van der Waals surface area contributed by atoms with Gasteiger partial charge in [-0.1, -0.05) is 17.7 Å². The van der Waals surface area contributed by atoms with Gasteiger partial charge in [-0.25, -0.2) is 0 Å². The zero-order chi connectivity index (χ0) is 11.1. The van der Waals surface area contributed by atoms with Gasteiger partial charge in [0.15, 0.2) is 0 Å². The van der Waals surface area contributed by atoms with Crippen molar-refractivity contribution in [2.45, 2.75) is 18.3 Å². The van der Waals surface area contributed by atoms with Crippen LogP contribution in [0.25, 0.3) is 0 Å². The third kappa shape index (κ3) is 1.61. The number of halogens is 1. The molecule has 0 N–H and O–H groups in total. The Morgan fingerprint density at radius 2 is 2.13 bits per heavy atom. The lowest BCUT2D eigenvalue weighted by Gasteiger charge is -2.07. The van der Waals surface area contributed by atoms with Crippen LogP contribution in [-0.2, 0) is 10.2 Å². The van der Waals surface area contributed by atoms with Gasteiger partial charge in [0.05, 0.1) is 10.3 Å². The van der Waals surface area contributed by atoms with Gasteiger partial charge in [0.2, 0.25) is 0 Å². The summed E-state index contributed by atoms with van der Waals surface area (Å²) in [6.07, 6.45) is 2.49. The molecule has 0 spiro atoms. The van der Waals surface area contributed by atoms with E-state index in [4.69, 9.17) is 11.6 Å². The summed E-state index contributed by atoms with van der Waals surface area (Å²) in [4.78, 5) is 20.8. The minimum atomic E-state index is -0.535. The van der Waals surface area contributed by atoms with Gasteiger partial charge in [0.25, 0.3) is 5.69 Å². The Bertz CT molecular complexity index is 440. The van der Waals surface area contributed by atoms with E-state index < -0.39 is 10.3 Å².